The van der Waals surface area contributed by atoms with Crippen LogP contribution in [0.3, 0.4) is 0 Å². The number of aromatic amines is 1. The number of nitrogens with zero attached hydrogens (tertiary/aromatic N) is 5. The molecule has 0 bridgehead atoms. The van der Waals surface area contributed by atoms with E-state index in [1.807, 2.05) is 41.9 Å². The molecule has 5 aromatic rings. The first kappa shape index (κ1) is 25.5. The van der Waals surface area contributed by atoms with E-state index in [-0.39, 0.29) is 11.6 Å². The Hall–Kier alpha value is -4.10. The Balaban J connectivity index is 1.54. The lowest BCUT2D eigenvalue weighted by Crippen LogP contribution is -2.32. The molecule has 38 heavy (non-hydrogen) atoms. The van der Waals surface area contributed by atoms with Gasteiger partial charge in [-0.25, -0.2) is 4.68 Å². The van der Waals surface area contributed by atoms with Gasteiger partial charge in [-0.05, 0) is 72.0 Å². The quantitative estimate of drug-likeness (QED) is 0.280. The molecule has 1 atom stereocenters. The summed E-state index contributed by atoms with van der Waals surface area (Å²) in [4.78, 5) is 18.7. The zero-order valence-corrected chi connectivity index (χ0v) is 22.5. The fourth-order valence-electron chi connectivity index (χ4n) is 5.18. The van der Waals surface area contributed by atoms with Gasteiger partial charge in [-0.2, -0.15) is 0 Å². The first-order valence-corrected chi connectivity index (χ1v) is 13.1. The van der Waals surface area contributed by atoms with Gasteiger partial charge in [0.05, 0.1) is 12.6 Å². The summed E-state index contributed by atoms with van der Waals surface area (Å²) in [6.07, 6.45) is 0.796. The van der Waals surface area contributed by atoms with E-state index in [0.717, 1.165) is 45.4 Å². The standard InChI is InChI=1S/C31H34N6O/c1-5-29(30-33-34-35-37(30)19-24-9-7-6-8-10-24)36(18-25-13-11-21(2)12-14-25)20-26-17-27-23(4)15-22(3)16-28(27)32-31(26)38/h6-17,29H,5,18-20H2,1-4H3,(H,32,38). The Morgan fingerprint density at radius 3 is 2.39 bits per heavy atom. The van der Waals surface area contributed by atoms with Crippen molar-refractivity contribution in [2.24, 2.45) is 0 Å². The molecule has 2 heterocycles. The Kier molecular flexibility index (Phi) is 7.47. The maximum absolute atomic E-state index is 13.3. The van der Waals surface area contributed by atoms with Crippen LogP contribution < -0.4 is 5.56 Å². The lowest BCUT2D eigenvalue weighted by Gasteiger charge is -2.30. The number of fused-ring (bicyclic) bond motifs is 1. The van der Waals surface area contributed by atoms with Crippen LogP contribution in [0.25, 0.3) is 10.9 Å². The summed E-state index contributed by atoms with van der Waals surface area (Å²) in [6.45, 7) is 10.1. The zero-order valence-electron chi connectivity index (χ0n) is 22.5. The molecular weight excluding hydrogens is 472 g/mol. The van der Waals surface area contributed by atoms with Crippen LogP contribution in [-0.4, -0.2) is 30.1 Å². The third kappa shape index (κ3) is 5.58. The average molecular weight is 507 g/mol. The van der Waals surface area contributed by atoms with Gasteiger partial charge in [-0.15, -0.1) is 5.10 Å². The Labute approximate surface area is 223 Å². The second-order valence-electron chi connectivity index (χ2n) is 10.2. The number of hydrogen-bond acceptors (Lipinski definition) is 5. The highest BCUT2D eigenvalue weighted by atomic mass is 16.1. The molecule has 3 aromatic carbocycles. The smallest absolute Gasteiger partial charge is 0.252 e. The second-order valence-corrected chi connectivity index (χ2v) is 10.2. The highest BCUT2D eigenvalue weighted by Crippen LogP contribution is 2.27. The van der Waals surface area contributed by atoms with Gasteiger partial charge in [0.15, 0.2) is 5.82 Å². The van der Waals surface area contributed by atoms with E-state index < -0.39 is 0 Å². The summed E-state index contributed by atoms with van der Waals surface area (Å²) in [7, 11) is 0. The van der Waals surface area contributed by atoms with Crippen LogP contribution in [0, 0.1) is 20.8 Å². The van der Waals surface area contributed by atoms with Crippen LogP contribution in [0.15, 0.2) is 77.6 Å². The van der Waals surface area contributed by atoms with Gasteiger partial charge >= 0.3 is 0 Å². The van der Waals surface area contributed by atoms with Crippen molar-refractivity contribution in [3.8, 4) is 0 Å². The lowest BCUT2D eigenvalue weighted by atomic mass is 10.0. The average Bonchev–Trinajstić information content (AvgIpc) is 3.34. The zero-order chi connectivity index (χ0) is 26.6. The maximum atomic E-state index is 13.3. The van der Waals surface area contributed by atoms with E-state index in [1.54, 1.807) is 0 Å². The molecule has 1 N–H and O–H groups in total. The van der Waals surface area contributed by atoms with Gasteiger partial charge in [0, 0.05) is 29.6 Å². The number of tetrazole rings is 1. The molecule has 7 nitrogen and oxygen atoms in total. The van der Waals surface area contributed by atoms with E-state index in [4.69, 9.17) is 0 Å². The highest BCUT2D eigenvalue weighted by Gasteiger charge is 2.26. The molecular formula is C31H34N6O. The van der Waals surface area contributed by atoms with Crippen molar-refractivity contribution >= 4 is 10.9 Å². The van der Waals surface area contributed by atoms with Crippen LogP contribution >= 0.6 is 0 Å². The Morgan fingerprint density at radius 2 is 1.66 bits per heavy atom. The van der Waals surface area contributed by atoms with E-state index in [0.29, 0.717) is 19.6 Å². The molecule has 0 amide bonds. The molecule has 194 valence electrons. The molecule has 0 saturated heterocycles. The van der Waals surface area contributed by atoms with Gasteiger partial charge in [0.1, 0.15) is 0 Å². The van der Waals surface area contributed by atoms with Crippen molar-refractivity contribution in [1.29, 1.82) is 0 Å². The molecule has 0 aliphatic heterocycles. The minimum atomic E-state index is -0.0794. The number of rotatable bonds is 9. The van der Waals surface area contributed by atoms with Crippen LogP contribution in [-0.2, 0) is 19.6 Å². The molecule has 0 radical (unpaired) electrons. The minimum Gasteiger partial charge on any atom is -0.322 e. The van der Waals surface area contributed by atoms with Gasteiger partial charge in [0.25, 0.3) is 5.56 Å². The fraction of sp³-hybridized carbons (Fsp3) is 0.290. The third-order valence-electron chi connectivity index (χ3n) is 7.13. The summed E-state index contributed by atoms with van der Waals surface area (Å²) in [6, 6.07) is 24.9. The van der Waals surface area contributed by atoms with E-state index >= 15 is 0 Å². The van der Waals surface area contributed by atoms with Crippen LogP contribution in [0.1, 0.15) is 58.6 Å². The second kappa shape index (κ2) is 11.1. The van der Waals surface area contributed by atoms with E-state index in [9.17, 15) is 4.79 Å². The summed E-state index contributed by atoms with van der Waals surface area (Å²) >= 11 is 0. The maximum Gasteiger partial charge on any atom is 0.252 e. The molecule has 5 rings (SSSR count). The predicted molar refractivity (Wildman–Crippen MR) is 151 cm³/mol. The molecule has 7 heteroatoms. The molecule has 0 aliphatic rings. The summed E-state index contributed by atoms with van der Waals surface area (Å²) in [5, 5.41) is 13.9. The summed E-state index contributed by atoms with van der Waals surface area (Å²) < 4.78 is 1.88. The number of hydrogen-bond donors (Lipinski definition) is 1. The number of H-pyrrole nitrogens is 1. The molecule has 0 spiro atoms. The van der Waals surface area contributed by atoms with Gasteiger partial charge in [-0.3, -0.25) is 9.69 Å². The van der Waals surface area contributed by atoms with E-state index in [2.05, 4.69) is 88.6 Å². The van der Waals surface area contributed by atoms with Crippen LogP contribution in [0.5, 0.6) is 0 Å². The first-order valence-electron chi connectivity index (χ1n) is 13.1. The SMILES string of the molecule is CCC(c1nnnn1Cc1ccccc1)N(Cc1ccc(C)cc1)Cc1cc2c(C)cc(C)cc2[nH]c1=O. The number of aromatic nitrogens is 5. The normalized spacial score (nSPS) is 12.3. The van der Waals surface area contributed by atoms with Crippen molar-refractivity contribution in [1.82, 2.24) is 30.1 Å². The van der Waals surface area contributed by atoms with Gasteiger partial charge < -0.3 is 4.98 Å². The van der Waals surface area contributed by atoms with Crippen molar-refractivity contribution < 1.29 is 0 Å². The molecule has 2 aromatic heterocycles. The summed E-state index contributed by atoms with van der Waals surface area (Å²) in [5.74, 6) is 0.799. The van der Waals surface area contributed by atoms with Crippen LogP contribution in [0.2, 0.25) is 0 Å². The molecule has 0 aliphatic carbocycles. The topological polar surface area (TPSA) is 79.7 Å². The van der Waals surface area contributed by atoms with Crippen molar-refractivity contribution in [2.45, 2.75) is 59.8 Å². The fourth-order valence-corrected chi connectivity index (χ4v) is 5.18. The number of aryl methyl sites for hydroxylation is 3. The van der Waals surface area contributed by atoms with Crippen LogP contribution in [0.4, 0.5) is 0 Å². The predicted octanol–water partition coefficient (Wildman–Crippen LogP) is 5.64. The number of benzene rings is 3. The van der Waals surface area contributed by atoms with Crippen molar-refractivity contribution in [2.75, 3.05) is 0 Å². The Bertz CT molecular complexity index is 1590. The van der Waals surface area contributed by atoms with Crippen molar-refractivity contribution in [3.05, 3.63) is 122 Å². The number of pyridine rings is 1. The molecule has 0 fully saturated rings. The molecule has 1 unspecified atom stereocenters. The lowest BCUT2D eigenvalue weighted by molar-refractivity contribution is 0.161. The summed E-state index contributed by atoms with van der Waals surface area (Å²) in [5.41, 5.74) is 7.37. The van der Waals surface area contributed by atoms with Gasteiger partial charge in [-0.1, -0.05) is 73.2 Å². The van der Waals surface area contributed by atoms with Crippen molar-refractivity contribution in [3.63, 3.8) is 0 Å². The molecule has 0 saturated carbocycles. The van der Waals surface area contributed by atoms with Gasteiger partial charge in [0.2, 0.25) is 0 Å². The van der Waals surface area contributed by atoms with E-state index in [1.165, 1.54) is 11.1 Å². The monoisotopic (exact) mass is 506 g/mol. The third-order valence-corrected chi connectivity index (χ3v) is 7.13. The first-order chi connectivity index (χ1) is 18.4. The highest BCUT2D eigenvalue weighted by molar-refractivity contribution is 5.83. The Morgan fingerprint density at radius 1 is 0.895 bits per heavy atom. The number of nitrogens with one attached hydrogen (secondary N) is 1. The largest absolute Gasteiger partial charge is 0.322 e. The minimum absolute atomic E-state index is 0.0601.